The zero-order chi connectivity index (χ0) is 20.1. The quantitative estimate of drug-likeness (QED) is 0.467. The van der Waals surface area contributed by atoms with Crippen LogP contribution in [0.3, 0.4) is 0 Å². The summed E-state index contributed by atoms with van der Waals surface area (Å²) in [4.78, 5) is 7.05. The van der Waals surface area contributed by atoms with Gasteiger partial charge in [-0.2, -0.15) is 0 Å². The molecule has 1 aliphatic rings. The van der Waals surface area contributed by atoms with Crippen molar-refractivity contribution in [3.8, 4) is 5.75 Å². The lowest BCUT2D eigenvalue weighted by Gasteiger charge is -2.18. The van der Waals surface area contributed by atoms with Gasteiger partial charge in [0.15, 0.2) is 0 Å². The Labute approximate surface area is 189 Å². The first-order valence-electron chi connectivity index (χ1n) is 9.70. The van der Waals surface area contributed by atoms with E-state index in [9.17, 15) is 0 Å². The Hall–Kier alpha value is -2.75. The first kappa shape index (κ1) is 21.9. The van der Waals surface area contributed by atoms with Gasteiger partial charge in [-0.1, -0.05) is 60.1 Å². The number of fused-ring (bicyclic) bond motifs is 1. The fourth-order valence-electron chi connectivity index (χ4n) is 3.35. The molecule has 0 bridgehead atoms. The van der Waals surface area contributed by atoms with Crippen LogP contribution in [0.1, 0.15) is 16.7 Å². The van der Waals surface area contributed by atoms with E-state index >= 15 is 0 Å². The molecule has 5 heteroatoms. The van der Waals surface area contributed by atoms with E-state index in [-0.39, 0.29) is 12.4 Å². The minimum Gasteiger partial charge on any atom is -0.488 e. The highest BCUT2D eigenvalue weighted by molar-refractivity contribution is 6.30. The van der Waals surface area contributed by atoms with Gasteiger partial charge in [-0.3, -0.25) is 4.99 Å². The summed E-state index contributed by atoms with van der Waals surface area (Å²) in [6, 6.07) is 24.2. The number of benzodiazepines with no additional fused rings is 1. The van der Waals surface area contributed by atoms with Gasteiger partial charge in [-0.15, -0.1) is 12.4 Å². The van der Waals surface area contributed by atoms with Crippen molar-refractivity contribution in [1.29, 1.82) is 0 Å². The van der Waals surface area contributed by atoms with Crippen LogP contribution in [0.25, 0.3) is 6.08 Å². The predicted octanol–water partition coefficient (Wildman–Crippen LogP) is 6.29. The van der Waals surface area contributed by atoms with E-state index in [0.717, 1.165) is 46.3 Å². The third-order valence-electron chi connectivity index (χ3n) is 4.96. The van der Waals surface area contributed by atoms with Gasteiger partial charge in [0.1, 0.15) is 12.4 Å². The molecular weight excluding hydrogens is 415 g/mol. The number of allylic oxidation sites excluding steroid dienone is 1. The number of benzene rings is 3. The number of nitrogens with zero attached hydrogens (tertiary/aromatic N) is 2. The minimum atomic E-state index is 0. The van der Waals surface area contributed by atoms with E-state index < -0.39 is 0 Å². The molecular formula is C25H24Cl2N2O. The lowest BCUT2D eigenvalue weighted by molar-refractivity contribution is 0.305. The molecule has 30 heavy (non-hydrogen) atoms. The van der Waals surface area contributed by atoms with Crippen molar-refractivity contribution in [2.45, 2.75) is 6.61 Å². The molecule has 0 aromatic heterocycles. The van der Waals surface area contributed by atoms with Gasteiger partial charge in [0, 0.05) is 35.4 Å². The fraction of sp³-hybridized carbons (Fsp3) is 0.160. The van der Waals surface area contributed by atoms with Crippen LogP contribution < -0.4 is 9.64 Å². The fourth-order valence-corrected chi connectivity index (χ4v) is 3.48. The Kier molecular flexibility index (Phi) is 7.56. The van der Waals surface area contributed by atoms with Crippen LogP contribution in [0.4, 0.5) is 5.69 Å². The van der Waals surface area contributed by atoms with E-state index in [0.29, 0.717) is 6.61 Å². The number of ether oxygens (including phenoxy) is 1. The second kappa shape index (κ2) is 10.3. The number of aliphatic imine (C=N–C) groups is 1. The van der Waals surface area contributed by atoms with Crippen LogP contribution in [-0.2, 0) is 6.61 Å². The second-order valence-electron chi connectivity index (χ2n) is 6.99. The standard InChI is InChI=1S/C25H23ClN2O.ClH/c1-28-17-16-27-23(22-7-3-4-8-24(22)28)15-12-20-6-2-5-9-25(20)29-18-19-10-13-21(26)14-11-19;/h2-15H,16-18H2,1H3;1H/b15-12+;. The maximum Gasteiger partial charge on any atom is 0.127 e. The third kappa shape index (κ3) is 5.24. The summed E-state index contributed by atoms with van der Waals surface area (Å²) in [6.45, 7) is 2.19. The summed E-state index contributed by atoms with van der Waals surface area (Å²) in [7, 11) is 2.11. The first-order chi connectivity index (χ1) is 14.2. The number of hydrogen-bond acceptors (Lipinski definition) is 3. The molecule has 154 valence electrons. The third-order valence-corrected chi connectivity index (χ3v) is 5.21. The summed E-state index contributed by atoms with van der Waals surface area (Å²) in [5, 5.41) is 0.729. The SMILES string of the molecule is CN1CCN=C(/C=C/c2ccccc2OCc2ccc(Cl)cc2)c2ccccc21.Cl. The van der Waals surface area contributed by atoms with E-state index in [1.54, 1.807) is 0 Å². The van der Waals surface area contributed by atoms with Crippen LogP contribution in [0.2, 0.25) is 5.02 Å². The van der Waals surface area contributed by atoms with Crippen LogP contribution in [0, 0.1) is 0 Å². The van der Waals surface area contributed by atoms with Crippen molar-refractivity contribution >= 4 is 41.5 Å². The molecule has 4 rings (SSSR count). The molecule has 0 saturated heterocycles. The number of para-hydroxylation sites is 2. The Morgan fingerprint density at radius 1 is 0.967 bits per heavy atom. The van der Waals surface area contributed by atoms with Gasteiger partial charge < -0.3 is 9.64 Å². The summed E-state index contributed by atoms with van der Waals surface area (Å²) < 4.78 is 6.07. The van der Waals surface area contributed by atoms with E-state index in [4.69, 9.17) is 21.3 Å². The van der Waals surface area contributed by atoms with Crippen molar-refractivity contribution in [1.82, 2.24) is 0 Å². The monoisotopic (exact) mass is 438 g/mol. The van der Waals surface area contributed by atoms with Crippen LogP contribution in [-0.4, -0.2) is 25.8 Å². The maximum absolute atomic E-state index is 6.07. The smallest absolute Gasteiger partial charge is 0.127 e. The average Bonchev–Trinajstić information content (AvgIpc) is 2.91. The highest BCUT2D eigenvalue weighted by Gasteiger charge is 2.13. The van der Waals surface area contributed by atoms with Gasteiger partial charge in [-0.05, 0) is 42.0 Å². The Morgan fingerprint density at radius 2 is 1.70 bits per heavy atom. The van der Waals surface area contributed by atoms with Gasteiger partial charge in [0.05, 0.1) is 12.3 Å². The van der Waals surface area contributed by atoms with Crippen molar-refractivity contribution < 1.29 is 4.74 Å². The number of likely N-dealkylation sites (N-methyl/N-ethyl adjacent to an activating group) is 1. The van der Waals surface area contributed by atoms with Gasteiger partial charge in [0.25, 0.3) is 0 Å². The highest BCUT2D eigenvalue weighted by atomic mass is 35.5. The number of halogens is 2. The average molecular weight is 439 g/mol. The van der Waals surface area contributed by atoms with Crippen molar-refractivity contribution in [2.24, 2.45) is 4.99 Å². The van der Waals surface area contributed by atoms with E-state index in [1.807, 2.05) is 42.5 Å². The lowest BCUT2D eigenvalue weighted by Crippen LogP contribution is -2.20. The van der Waals surface area contributed by atoms with Crippen molar-refractivity contribution in [3.63, 3.8) is 0 Å². The zero-order valence-corrected chi connectivity index (χ0v) is 18.4. The van der Waals surface area contributed by atoms with Crippen LogP contribution in [0.15, 0.2) is 83.9 Å². The Balaban J connectivity index is 0.00000256. The molecule has 0 saturated carbocycles. The highest BCUT2D eigenvalue weighted by Crippen LogP contribution is 2.25. The van der Waals surface area contributed by atoms with Gasteiger partial charge >= 0.3 is 0 Å². The first-order valence-corrected chi connectivity index (χ1v) is 10.1. The summed E-state index contributed by atoms with van der Waals surface area (Å²) in [6.07, 6.45) is 4.17. The molecule has 0 spiro atoms. The van der Waals surface area contributed by atoms with E-state index in [2.05, 4.69) is 54.4 Å². The molecule has 0 unspecified atom stereocenters. The zero-order valence-electron chi connectivity index (χ0n) is 16.8. The Morgan fingerprint density at radius 3 is 2.53 bits per heavy atom. The molecule has 3 aromatic carbocycles. The number of rotatable bonds is 5. The van der Waals surface area contributed by atoms with Crippen LogP contribution in [0.5, 0.6) is 5.75 Å². The lowest BCUT2D eigenvalue weighted by atomic mass is 10.1. The largest absolute Gasteiger partial charge is 0.488 e. The molecule has 0 aliphatic carbocycles. The van der Waals surface area contributed by atoms with Crippen LogP contribution >= 0.6 is 24.0 Å². The van der Waals surface area contributed by atoms with Gasteiger partial charge in [0.2, 0.25) is 0 Å². The summed E-state index contributed by atoms with van der Waals surface area (Å²) in [5.41, 5.74) is 5.47. The maximum atomic E-state index is 6.07. The minimum absolute atomic E-state index is 0. The molecule has 1 aliphatic heterocycles. The molecule has 3 aromatic rings. The molecule has 0 N–H and O–H groups in total. The predicted molar refractivity (Wildman–Crippen MR) is 130 cm³/mol. The molecule has 0 radical (unpaired) electrons. The molecule has 3 nitrogen and oxygen atoms in total. The number of hydrogen-bond donors (Lipinski definition) is 0. The van der Waals surface area contributed by atoms with E-state index in [1.165, 1.54) is 5.69 Å². The van der Waals surface area contributed by atoms with Crippen molar-refractivity contribution in [2.75, 3.05) is 25.0 Å². The summed E-state index contributed by atoms with van der Waals surface area (Å²) >= 11 is 5.96. The molecule has 0 amide bonds. The Bertz CT molecular complexity index is 1050. The normalized spacial score (nSPS) is 13.3. The van der Waals surface area contributed by atoms with Gasteiger partial charge in [-0.25, -0.2) is 0 Å². The molecule has 0 atom stereocenters. The van der Waals surface area contributed by atoms with Crippen molar-refractivity contribution in [3.05, 3.63) is 101 Å². The second-order valence-corrected chi connectivity index (χ2v) is 7.43. The number of anilines is 1. The topological polar surface area (TPSA) is 24.8 Å². The summed E-state index contributed by atoms with van der Waals surface area (Å²) in [5.74, 6) is 0.846. The molecule has 1 heterocycles. The molecule has 0 fully saturated rings.